The normalized spacial score (nSPS) is 16.8. The van der Waals surface area contributed by atoms with Crippen LogP contribution in [0.5, 0.6) is 0 Å². The summed E-state index contributed by atoms with van der Waals surface area (Å²) in [5.74, 6) is -1.25. The fourth-order valence-electron chi connectivity index (χ4n) is 2.11. The quantitative estimate of drug-likeness (QED) is 0.619. The van der Waals surface area contributed by atoms with E-state index in [9.17, 15) is 22.8 Å². The van der Waals surface area contributed by atoms with Gasteiger partial charge in [0.25, 0.3) is 11.8 Å². The van der Waals surface area contributed by atoms with E-state index in [0.29, 0.717) is 4.47 Å². The van der Waals surface area contributed by atoms with Crippen molar-refractivity contribution in [2.75, 3.05) is 5.01 Å². The highest BCUT2D eigenvalue weighted by Gasteiger charge is 2.36. The van der Waals surface area contributed by atoms with Crippen LogP contribution < -0.4 is 10.4 Å². The number of furan rings is 1. The van der Waals surface area contributed by atoms with Gasteiger partial charge < -0.3 is 4.42 Å². The number of nitrogens with one attached hydrogen (secondary N) is 1. The molecule has 0 spiro atoms. The largest absolute Gasteiger partial charge is 0.464 e. The van der Waals surface area contributed by atoms with E-state index in [1.807, 2.05) is 0 Å². The fourth-order valence-corrected chi connectivity index (χ4v) is 2.43. The van der Waals surface area contributed by atoms with Gasteiger partial charge in [-0.1, -0.05) is 6.07 Å². The molecule has 2 aromatic rings. The van der Waals surface area contributed by atoms with Gasteiger partial charge in [0.2, 0.25) is 0 Å². The van der Waals surface area contributed by atoms with Gasteiger partial charge in [-0.3, -0.25) is 15.0 Å². The first kappa shape index (κ1) is 16.3. The summed E-state index contributed by atoms with van der Waals surface area (Å²) in [5.41, 5.74) is 0.978. The van der Waals surface area contributed by atoms with E-state index in [4.69, 9.17) is 4.42 Å². The lowest BCUT2D eigenvalue weighted by Gasteiger charge is -2.16. The summed E-state index contributed by atoms with van der Waals surface area (Å²) >= 11 is 3.16. The summed E-state index contributed by atoms with van der Waals surface area (Å²) in [6.45, 7) is 0. The Hall–Kier alpha value is -2.55. The van der Waals surface area contributed by atoms with Crippen LogP contribution in [0.15, 0.2) is 51.1 Å². The van der Waals surface area contributed by atoms with Crippen LogP contribution in [0, 0.1) is 0 Å². The number of anilines is 1. The Morgan fingerprint density at radius 2 is 1.96 bits per heavy atom. The average molecular weight is 401 g/mol. The van der Waals surface area contributed by atoms with Gasteiger partial charge >= 0.3 is 6.18 Å². The van der Waals surface area contributed by atoms with Crippen molar-refractivity contribution in [1.29, 1.82) is 0 Å². The van der Waals surface area contributed by atoms with Crippen molar-refractivity contribution < 1.29 is 27.2 Å². The van der Waals surface area contributed by atoms with Crippen molar-refractivity contribution in [2.24, 2.45) is 0 Å². The standard InChI is InChI=1S/C15H8BrF3N2O3/c16-9-5-11(24-7-9)6-12-13(22)20-21(14(12)23)10-3-1-2-8(4-10)15(17,18)19/h1-7H,(H,20,22)/b12-6+. The summed E-state index contributed by atoms with van der Waals surface area (Å²) in [5, 5.41) is 0.765. The van der Waals surface area contributed by atoms with Crippen molar-refractivity contribution in [1.82, 2.24) is 5.43 Å². The number of alkyl halides is 3. The molecule has 5 nitrogen and oxygen atoms in total. The van der Waals surface area contributed by atoms with Crippen LogP contribution in [0.1, 0.15) is 11.3 Å². The zero-order valence-electron chi connectivity index (χ0n) is 11.7. The number of benzene rings is 1. The van der Waals surface area contributed by atoms with Gasteiger partial charge in [0, 0.05) is 0 Å². The Labute approximate surface area is 141 Å². The Morgan fingerprint density at radius 1 is 1.21 bits per heavy atom. The second-order valence-electron chi connectivity index (χ2n) is 4.85. The second kappa shape index (κ2) is 5.82. The Balaban J connectivity index is 1.93. The molecule has 0 atom stereocenters. The predicted molar refractivity (Wildman–Crippen MR) is 81.5 cm³/mol. The Kier molecular flexibility index (Phi) is 3.96. The lowest BCUT2D eigenvalue weighted by Crippen LogP contribution is -2.35. The Morgan fingerprint density at radius 3 is 2.58 bits per heavy atom. The maximum absolute atomic E-state index is 12.8. The van der Waals surface area contributed by atoms with E-state index >= 15 is 0 Å². The molecule has 9 heteroatoms. The molecule has 0 aliphatic carbocycles. The van der Waals surface area contributed by atoms with Crippen molar-refractivity contribution in [3.05, 3.63) is 58.0 Å². The van der Waals surface area contributed by atoms with Crippen LogP contribution in [-0.4, -0.2) is 11.8 Å². The monoisotopic (exact) mass is 400 g/mol. The molecule has 1 saturated heterocycles. The van der Waals surface area contributed by atoms with Gasteiger partial charge in [-0.05, 0) is 46.3 Å². The molecule has 0 saturated carbocycles. The Bertz CT molecular complexity index is 858. The van der Waals surface area contributed by atoms with Crippen LogP contribution in [0.2, 0.25) is 0 Å². The summed E-state index contributed by atoms with van der Waals surface area (Å²) in [6, 6.07) is 5.65. The molecule has 1 N–H and O–H groups in total. The summed E-state index contributed by atoms with van der Waals surface area (Å²) in [4.78, 5) is 24.3. The molecule has 24 heavy (non-hydrogen) atoms. The molecule has 2 heterocycles. The van der Waals surface area contributed by atoms with E-state index in [-0.39, 0.29) is 17.0 Å². The number of amides is 2. The number of hydrazine groups is 1. The number of carbonyl (C=O) groups is 2. The number of carbonyl (C=O) groups excluding carboxylic acids is 2. The molecule has 124 valence electrons. The zero-order chi connectivity index (χ0) is 17.5. The smallest absolute Gasteiger partial charge is 0.416 e. The maximum atomic E-state index is 12.8. The van der Waals surface area contributed by atoms with Crippen LogP contribution in [0.4, 0.5) is 18.9 Å². The first-order valence-electron chi connectivity index (χ1n) is 6.54. The van der Waals surface area contributed by atoms with Crippen LogP contribution >= 0.6 is 15.9 Å². The van der Waals surface area contributed by atoms with Crippen LogP contribution in [-0.2, 0) is 15.8 Å². The van der Waals surface area contributed by atoms with Gasteiger partial charge in [0.1, 0.15) is 17.6 Å². The molecule has 1 aliphatic heterocycles. The molecular weight excluding hydrogens is 393 g/mol. The third-order valence-corrected chi connectivity index (χ3v) is 3.61. The van der Waals surface area contributed by atoms with Gasteiger partial charge in [-0.2, -0.15) is 13.2 Å². The first-order valence-corrected chi connectivity index (χ1v) is 7.33. The molecule has 0 unspecified atom stereocenters. The lowest BCUT2D eigenvalue weighted by atomic mass is 10.1. The molecule has 1 aromatic heterocycles. The van der Waals surface area contributed by atoms with E-state index in [2.05, 4.69) is 21.4 Å². The number of hydrogen-bond donors (Lipinski definition) is 1. The third kappa shape index (κ3) is 3.07. The highest BCUT2D eigenvalue weighted by molar-refractivity contribution is 9.10. The van der Waals surface area contributed by atoms with Crippen molar-refractivity contribution in [3.63, 3.8) is 0 Å². The minimum Gasteiger partial charge on any atom is -0.464 e. The predicted octanol–water partition coefficient (Wildman–Crippen LogP) is 3.52. The molecule has 2 amide bonds. The average Bonchev–Trinajstić information content (AvgIpc) is 3.05. The molecule has 0 radical (unpaired) electrons. The summed E-state index contributed by atoms with van der Waals surface area (Å²) in [7, 11) is 0. The molecule has 1 aliphatic rings. The van der Waals surface area contributed by atoms with Crippen molar-refractivity contribution >= 4 is 39.5 Å². The molecule has 0 bridgehead atoms. The van der Waals surface area contributed by atoms with Crippen molar-refractivity contribution in [3.8, 4) is 0 Å². The van der Waals surface area contributed by atoms with E-state index < -0.39 is 23.6 Å². The third-order valence-electron chi connectivity index (χ3n) is 3.20. The number of halogens is 4. The fraction of sp³-hybridized carbons (Fsp3) is 0.0667. The maximum Gasteiger partial charge on any atom is 0.416 e. The number of rotatable bonds is 2. The van der Waals surface area contributed by atoms with Crippen molar-refractivity contribution in [2.45, 2.75) is 6.18 Å². The highest BCUT2D eigenvalue weighted by Crippen LogP contribution is 2.32. The lowest BCUT2D eigenvalue weighted by molar-refractivity contribution is -0.137. The van der Waals surface area contributed by atoms with Gasteiger partial charge in [-0.25, -0.2) is 5.01 Å². The molecular formula is C15H8BrF3N2O3. The number of hydrogen-bond acceptors (Lipinski definition) is 3. The minimum absolute atomic E-state index is 0.0906. The minimum atomic E-state index is -4.55. The van der Waals surface area contributed by atoms with Gasteiger partial charge in [0.15, 0.2) is 0 Å². The van der Waals surface area contributed by atoms with Gasteiger partial charge in [-0.15, -0.1) is 0 Å². The highest BCUT2D eigenvalue weighted by atomic mass is 79.9. The van der Waals surface area contributed by atoms with E-state index in [0.717, 1.165) is 23.2 Å². The summed E-state index contributed by atoms with van der Waals surface area (Å²) < 4.78 is 44.1. The molecule has 3 rings (SSSR count). The van der Waals surface area contributed by atoms with Crippen LogP contribution in [0.3, 0.4) is 0 Å². The van der Waals surface area contributed by atoms with E-state index in [1.165, 1.54) is 18.4 Å². The SMILES string of the molecule is O=C1NN(c2cccc(C(F)(F)F)c2)C(=O)/C1=C/c1cc(Br)co1. The van der Waals surface area contributed by atoms with Gasteiger partial charge in [0.05, 0.1) is 15.7 Å². The summed E-state index contributed by atoms with van der Waals surface area (Å²) in [6.07, 6.45) is -1.97. The topological polar surface area (TPSA) is 62.6 Å². The number of nitrogens with zero attached hydrogens (tertiary/aromatic N) is 1. The second-order valence-corrected chi connectivity index (χ2v) is 5.77. The zero-order valence-corrected chi connectivity index (χ0v) is 13.3. The van der Waals surface area contributed by atoms with E-state index in [1.54, 1.807) is 6.07 Å². The molecule has 1 aromatic carbocycles. The van der Waals surface area contributed by atoms with Crippen LogP contribution in [0.25, 0.3) is 6.08 Å². The first-order chi connectivity index (χ1) is 11.3. The molecule has 1 fully saturated rings.